The Morgan fingerprint density at radius 3 is 2.88 bits per heavy atom. The molecule has 3 nitrogen and oxygen atoms in total. The van der Waals surface area contributed by atoms with Gasteiger partial charge in [-0.05, 0) is 40.2 Å². The molecule has 0 atom stereocenters. The van der Waals surface area contributed by atoms with Gasteiger partial charge in [-0.2, -0.15) is 0 Å². The summed E-state index contributed by atoms with van der Waals surface area (Å²) in [5, 5.41) is 0. The topological polar surface area (TPSA) is 41.6 Å². The van der Waals surface area contributed by atoms with Gasteiger partial charge >= 0.3 is 0 Å². The number of halogens is 2. The van der Waals surface area contributed by atoms with Crippen molar-refractivity contribution in [3.63, 3.8) is 0 Å². The zero-order valence-electron chi connectivity index (χ0n) is 8.61. The van der Waals surface area contributed by atoms with Crippen molar-refractivity contribution in [2.75, 3.05) is 0 Å². The maximum absolute atomic E-state index is 13.4. The number of rotatable bonds is 1. The Bertz CT molecular complexity index is 660. The van der Waals surface area contributed by atoms with Gasteiger partial charge in [-0.25, -0.2) is 14.4 Å². The number of imidazole rings is 1. The van der Waals surface area contributed by atoms with Crippen molar-refractivity contribution in [2.45, 2.75) is 0 Å². The zero-order valence-corrected chi connectivity index (χ0v) is 10.2. The number of aromatic nitrogens is 3. The van der Waals surface area contributed by atoms with E-state index in [2.05, 4.69) is 30.9 Å². The number of hydrogen-bond acceptors (Lipinski definition) is 2. The number of fused-ring (bicyclic) bond motifs is 1. The second-order valence-corrected chi connectivity index (χ2v) is 4.35. The third-order valence-electron chi connectivity index (χ3n) is 2.46. The predicted molar refractivity (Wildman–Crippen MR) is 67.0 cm³/mol. The summed E-state index contributed by atoms with van der Waals surface area (Å²) in [6.07, 6.45) is 1.67. The van der Waals surface area contributed by atoms with Crippen LogP contribution in [-0.4, -0.2) is 15.0 Å². The fourth-order valence-corrected chi connectivity index (χ4v) is 2.11. The summed E-state index contributed by atoms with van der Waals surface area (Å²) in [4.78, 5) is 11.6. The van der Waals surface area contributed by atoms with E-state index in [1.54, 1.807) is 18.3 Å². The van der Waals surface area contributed by atoms with E-state index in [-0.39, 0.29) is 5.82 Å². The highest BCUT2D eigenvalue weighted by Crippen LogP contribution is 2.29. The summed E-state index contributed by atoms with van der Waals surface area (Å²) in [6.45, 7) is 0. The van der Waals surface area contributed by atoms with E-state index < -0.39 is 0 Å². The molecule has 2 heterocycles. The monoisotopic (exact) mass is 291 g/mol. The summed E-state index contributed by atoms with van der Waals surface area (Å²) in [5.41, 5.74) is 2.14. The van der Waals surface area contributed by atoms with E-state index in [1.165, 1.54) is 6.07 Å². The van der Waals surface area contributed by atoms with Crippen molar-refractivity contribution in [1.29, 1.82) is 0 Å². The SMILES string of the molecule is Fc1cccc(-c2nc3ncccc3[nH]2)c1Br. The van der Waals surface area contributed by atoms with Gasteiger partial charge < -0.3 is 4.98 Å². The van der Waals surface area contributed by atoms with Crippen molar-refractivity contribution < 1.29 is 4.39 Å². The molecular formula is C12H7BrFN3. The van der Waals surface area contributed by atoms with E-state index in [0.29, 0.717) is 21.5 Å². The van der Waals surface area contributed by atoms with Crippen LogP contribution in [0.1, 0.15) is 0 Å². The number of nitrogens with zero attached hydrogens (tertiary/aromatic N) is 2. The Morgan fingerprint density at radius 1 is 1.18 bits per heavy atom. The van der Waals surface area contributed by atoms with Crippen LogP contribution in [0.5, 0.6) is 0 Å². The molecule has 0 aliphatic rings. The van der Waals surface area contributed by atoms with E-state index >= 15 is 0 Å². The molecule has 0 saturated heterocycles. The molecule has 0 spiro atoms. The minimum atomic E-state index is -0.309. The second-order valence-electron chi connectivity index (χ2n) is 3.56. The maximum atomic E-state index is 13.4. The standard InChI is InChI=1S/C12H7BrFN3/c13-10-7(3-1-4-8(10)14)11-16-9-5-2-6-15-12(9)17-11/h1-6H,(H,15,16,17). The zero-order chi connectivity index (χ0) is 11.8. The highest BCUT2D eigenvalue weighted by atomic mass is 79.9. The van der Waals surface area contributed by atoms with Crippen molar-refractivity contribution >= 4 is 27.1 Å². The van der Waals surface area contributed by atoms with Gasteiger partial charge in [0.05, 0.1) is 9.99 Å². The average molecular weight is 292 g/mol. The Morgan fingerprint density at radius 2 is 2.06 bits per heavy atom. The Kier molecular flexibility index (Phi) is 2.40. The van der Waals surface area contributed by atoms with E-state index in [0.717, 1.165) is 5.52 Å². The maximum Gasteiger partial charge on any atom is 0.178 e. The molecule has 0 radical (unpaired) electrons. The molecule has 5 heteroatoms. The molecule has 0 saturated carbocycles. The van der Waals surface area contributed by atoms with Crippen molar-refractivity contribution in [3.8, 4) is 11.4 Å². The van der Waals surface area contributed by atoms with Crippen molar-refractivity contribution in [3.05, 3.63) is 46.8 Å². The van der Waals surface area contributed by atoms with Gasteiger partial charge in [0.1, 0.15) is 11.6 Å². The lowest BCUT2D eigenvalue weighted by Crippen LogP contribution is -1.85. The molecule has 3 aromatic rings. The summed E-state index contributed by atoms with van der Waals surface area (Å²) in [7, 11) is 0. The number of aromatic amines is 1. The first-order chi connectivity index (χ1) is 8.25. The van der Waals surface area contributed by atoms with Gasteiger partial charge in [0.25, 0.3) is 0 Å². The van der Waals surface area contributed by atoms with Crippen molar-refractivity contribution in [2.24, 2.45) is 0 Å². The van der Waals surface area contributed by atoms with Gasteiger partial charge in [-0.1, -0.05) is 6.07 Å². The first-order valence-corrected chi connectivity index (χ1v) is 5.80. The summed E-state index contributed by atoms with van der Waals surface area (Å²) >= 11 is 3.22. The molecular weight excluding hydrogens is 285 g/mol. The number of benzene rings is 1. The number of pyridine rings is 1. The van der Waals surface area contributed by atoms with Gasteiger partial charge in [0.2, 0.25) is 0 Å². The predicted octanol–water partition coefficient (Wildman–Crippen LogP) is 3.53. The van der Waals surface area contributed by atoms with Gasteiger partial charge in [0.15, 0.2) is 5.65 Å². The minimum absolute atomic E-state index is 0.309. The molecule has 84 valence electrons. The molecule has 0 fully saturated rings. The van der Waals surface area contributed by atoms with Crippen LogP contribution in [0.4, 0.5) is 4.39 Å². The smallest absolute Gasteiger partial charge is 0.178 e. The third kappa shape index (κ3) is 1.72. The summed E-state index contributed by atoms with van der Waals surface area (Å²) in [6, 6.07) is 8.55. The Balaban J connectivity index is 2.24. The van der Waals surface area contributed by atoms with Crippen LogP contribution in [0.2, 0.25) is 0 Å². The quantitative estimate of drug-likeness (QED) is 0.745. The molecule has 0 amide bonds. The third-order valence-corrected chi connectivity index (χ3v) is 3.27. The van der Waals surface area contributed by atoms with Crippen LogP contribution >= 0.6 is 15.9 Å². The number of hydrogen-bond donors (Lipinski definition) is 1. The highest BCUT2D eigenvalue weighted by molar-refractivity contribution is 9.10. The summed E-state index contributed by atoms with van der Waals surface area (Å²) in [5.74, 6) is 0.293. The van der Waals surface area contributed by atoms with Crippen LogP contribution in [0.25, 0.3) is 22.6 Å². The molecule has 1 N–H and O–H groups in total. The normalized spacial score (nSPS) is 10.9. The van der Waals surface area contributed by atoms with Gasteiger partial charge in [-0.15, -0.1) is 0 Å². The fraction of sp³-hybridized carbons (Fsp3) is 0. The van der Waals surface area contributed by atoms with Gasteiger partial charge in [0, 0.05) is 11.8 Å². The van der Waals surface area contributed by atoms with Gasteiger partial charge in [-0.3, -0.25) is 0 Å². The first-order valence-electron chi connectivity index (χ1n) is 5.01. The van der Waals surface area contributed by atoms with Crippen LogP contribution in [0.3, 0.4) is 0 Å². The van der Waals surface area contributed by atoms with Crippen LogP contribution in [-0.2, 0) is 0 Å². The lowest BCUT2D eigenvalue weighted by molar-refractivity contribution is 0.621. The van der Waals surface area contributed by atoms with Crippen LogP contribution < -0.4 is 0 Å². The van der Waals surface area contributed by atoms with Crippen LogP contribution in [0.15, 0.2) is 41.0 Å². The largest absolute Gasteiger partial charge is 0.337 e. The van der Waals surface area contributed by atoms with E-state index in [4.69, 9.17) is 0 Å². The molecule has 17 heavy (non-hydrogen) atoms. The molecule has 2 aromatic heterocycles. The average Bonchev–Trinajstić information content (AvgIpc) is 2.76. The van der Waals surface area contributed by atoms with Crippen LogP contribution in [0, 0.1) is 5.82 Å². The highest BCUT2D eigenvalue weighted by Gasteiger charge is 2.11. The van der Waals surface area contributed by atoms with E-state index in [1.807, 2.05) is 12.1 Å². The Hall–Kier alpha value is -1.75. The molecule has 3 rings (SSSR count). The molecule has 1 aromatic carbocycles. The first kappa shape index (κ1) is 10.4. The molecule has 0 unspecified atom stereocenters. The fourth-order valence-electron chi connectivity index (χ4n) is 1.66. The number of nitrogens with one attached hydrogen (secondary N) is 1. The minimum Gasteiger partial charge on any atom is -0.337 e. The lowest BCUT2D eigenvalue weighted by Gasteiger charge is -2.00. The number of H-pyrrole nitrogens is 1. The summed E-state index contributed by atoms with van der Waals surface area (Å²) < 4.78 is 13.8. The lowest BCUT2D eigenvalue weighted by atomic mass is 10.2. The second kappa shape index (κ2) is 3.92. The van der Waals surface area contributed by atoms with E-state index in [9.17, 15) is 4.39 Å². The Labute approximate surface area is 105 Å². The molecule has 0 aliphatic heterocycles. The van der Waals surface area contributed by atoms with Crippen molar-refractivity contribution in [1.82, 2.24) is 15.0 Å². The molecule has 0 bridgehead atoms. The molecule has 0 aliphatic carbocycles.